The van der Waals surface area contributed by atoms with Crippen LogP contribution >= 0.6 is 0 Å². The summed E-state index contributed by atoms with van der Waals surface area (Å²) in [5.74, 6) is 1.74. The summed E-state index contributed by atoms with van der Waals surface area (Å²) in [7, 11) is 3.40. The minimum absolute atomic E-state index is 0.673. The second kappa shape index (κ2) is 10.2. The van der Waals surface area contributed by atoms with Crippen molar-refractivity contribution in [2.45, 2.75) is 25.9 Å². The molecule has 31 heavy (non-hydrogen) atoms. The van der Waals surface area contributed by atoms with Crippen LogP contribution < -0.4 is 9.47 Å². The Bertz CT molecular complexity index is 1100. The van der Waals surface area contributed by atoms with E-state index in [-0.39, 0.29) is 0 Å². The van der Waals surface area contributed by atoms with Crippen LogP contribution in [0.15, 0.2) is 78.9 Å². The summed E-state index contributed by atoms with van der Waals surface area (Å²) < 4.78 is 18.9. The number of rotatable bonds is 10. The van der Waals surface area contributed by atoms with Gasteiger partial charge >= 0.3 is 0 Å². The lowest BCUT2D eigenvalue weighted by molar-refractivity contribution is 0.117. The zero-order valence-corrected chi connectivity index (χ0v) is 18.2. The molecular formula is C27H29NO3. The lowest BCUT2D eigenvalue weighted by atomic mass is 10.2. The standard InChI is InChI=1S/C27H29NO3/c1-29-25-13-11-23(12-14-25)28-24(18-22-19-26(30-2)15-16-27(22)28)10-6-7-17-31-20-21-8-4-3-5-9-21/h3-5,8-9,11-16,18-19H,6-7,10,17,20H2,1-2H3. The fraction of sp³-hybridized carbons (Fsp3) is 0.259. The van der Waals surface area contributed by atoms with Crippen molar-refractivity contribution in [2.75, 3.05) is 20.8 Å². The lowest BCUT2D eigenvalue weighted by Gasteiger charge is -2.12. The molecule has 0 saturated heterocycles. The third kappa shape index (κ3) is 5.09. The molecule has 0 amide bonds. The van der Waals surface area contributed by atoms with E-state index >= 15 is 0 Å². The second-order valence-electron chi connectivity index (χ2n) is 7.59. The van der Waals surface area contributed by atoms with Crippen molar-refractivity contribution in [1.29, 1.82) is 0 Å². The topological polar surface area (TPSA) is 32.6 Å². The van der Waals surface area contributed by atoms with Crippen molar-refractivity contribution in [3.8, 4) is 17.2 Å². The SMILES string of the molecule is COc1ccc(-n2c(CCCCOCc3ccccc3)cc3cc(OC)ccc32)cc1. The Labute approximate surface area is 184 Å². The predicted molar refractivity (Wildman–Crippen MR) is 125 cm³/mol. The highest BCUT2D eigenvalue weighted by atomic mass is 16.5. The van der Waals surface area contributed by atoms with Gasteiger partial charge in [-0.3, -0.25) is 0 Å². The van der Waals surface area contributed by atoms with Crippen molar-refractivity contribution in [1.82, 2.24) is 4.57 Å². The quantitative estimate of drug-likeness (QED) is 0.290. The van der Waals surface area contributed by atoms with Gasteiger partial charge in [-0.05, 0) is 73.4 Å². The summed E-state index contributed by atoms with van der Waals surface area (Å²) in [6.07, 6.45) is 3.08. The number of methoxy groups -OCH3 is 2. The first kappa shape index (κ1) is 21.0. The highest BCUT2D eigenvalue weighted by Gasteiger charge is 2.12. The molecule has 4 rings (SSSR count). The number of aromatic nitrogens is 1. The van der Waals surface area contributed by atoms with E-state index in [9.17, 15) is 0 Å². The Morgan fingerprint density at radius 3 is 2.23 bits per heavy atom. The molecule has 0 aliphatic carbocycles. The molecule has 4 aromatic rings. The summed E-state index contributed by atoms with van der Waals surface area (Å²) in [6, 6.07) is 27.1. The molecule has 0 bridgehead atoms. The largest absolute Gasteiger partial charge is 0.497 e. The average Bonchev–Trinajstić information content (AvgIpc) is 3.19. The first-order chi connectivity index (χ1) is 15.3. The molecule has 0 atom stereocenters. The molecule has 0 spiro atoms. The maximum Gasteiger partial charge on any atom is 0.119 e. The number of fused-ring (bicyclic) bond motifs is 1. The van der Waals surface area contributed by atoms with E-state index in [0.717, 1.165) is 43.1 Å². The Morgan fingerprint density at radius 2 is 1.48 bits per heavy atom. The number of nitrogens with zero attached hydrogens (tertiary/aromatic N) is 1. The van der Waals surface area contributed by atoms with E-state index in [1.54, 1.807) is 14.2 Å². The smallest absolute Gasteiger partial charge is 0.119 e. The summed E-state index contributed by atoms with van der Waals surface area (Å²) >= 11 is 0. The zero-order chi connectivity index (χ0) is 21.5. The van der Waals surface area contributed by atoms with Crippen LogP contribution in [0.1, 0.15) is 24.1 Å². The van der Waals surface area contributed by atoms with Gasteiger partial charge < -0.3 is 18.8 Å². The number of hydrogen-bond acceptors (Lipinski definition) is 3. The van der Waals surface area contributed by atoms with Gasteiger partial charge in [0.05, 0.1) is 26.3 Å². The molecule has 0 radical (unpaired) electrons. The van der Waals surface area contributed by atoms with Crippen LogP contribution in [-0.2, 0) is 17.8 Å². The molecule has 0 saturated carbocycles. The molecule has 4 heteroatoms. The van der Waals surface area contributed by atoms with E-state index in [2.05, 4.69) is 47.0 Å². The lowest BCUT2D eigenvalue weighted by Crippen LogP contribution is -2.02. The van der Waals surface area contributed by atoms with Crippen LogP contribution in [0.4, 0.5) is 0 Å². The van der Waals surface area contributed by atoms with Gasteiger partial charge in [-0.2, -0.15) is 0 Å². The molecule has 1 aromatic heterocycles. The molecule has 1 heterocycles. The average molecular weight is 416 g/mol. The van der Waals surface area contributed by atoms with Crippen molar-refractivity contribution in [3.05, 3.63) is 90.1 Å². The summed E-state index contributed by atoms with van der Waals surface area (Å²) in [4.78, 5) is 0. The van der Waals surface area contributed by atoms with Gasteiger partial charge in [0.15, 0.2) is 0 Å². The van der Waals surface area contributed by atoms with Gasteiger partial charge in [-0.25, -0.2) is 0 Å². The van der Waals surface area contributed by atoms with Crippen LogP contribution in [0, 0.1) is 0 Å². The number of benzene rings is 3. The minimum atomic E-state index is 0.673. The fourth-order valence-corrected chi connectivity index (χ4v) is 3.87. The van der Waals surface area contributed by atoms with Crippen molar-refractivity contribution in [3.63, 3.8) is 0 Å². The maximum absolute atomic E-state index is 5.85. The van der Waals surface area contributed by atoms with Crippen LogP contribution in [0.2, 0.25) is 0 Å². The monoisotopic (exact) mass is 415 g/mol. The van der Waals surface area contributed by atoms with Gasteiger partial charge in [-0.15, -0.1) is 0 Å². The number of unbranched alkanes of at least 4 members (excludes halogenated alkanes) is 1. The predicted octanol–water partition coefficient (Wildman–Crippen LogP) is 6.19. The van der Waals surface area contributed by atoms with Crippen molar-refractivity contribution in [2.24, 2.45) is 0 Å². The second-order valence-corrected chi connectivity index (χ2v) is 7.59. The van der Waals surface area contributed by atoms with Gasteiger partial charge in [-0.1, -0.05) is 30.3 Å². The normalized spacial score (nSPS) is 11.0. The van der Waals surface area contributed by atoms with Crippen LogP contribution in [0.5, 0.6) is 11.5 Å². The van der Waals surface area contributed by atoms with Gasteiger partial charge in [0.1, 0.15) is 11.5 Å². The molecule has 0 aliphatic heterocycles. The molecule has 3 aromatic carbocycles. The highest BCUT2D eigenvalue weighted by Crippen LogP contribution is 2.29. The Kier molecular flexibility index (Phi) is 6.90. The third-order valence-electron chi connectivity index (χ3n) is 5.50. The molecule has 0 unspecified atom stereocenters. The fourth-order valence-electron chi connectivity index (χ4n) is 3.87. The third-order valence-corrected chi connectivity index (χ3v) is 5.50. The van der Waals surface area contributed by atoms with Crippen molar-refractivity contribution < 1.29 is 14.2 Å². The Hall–Kier alpha value is -3.24. The van der Waals surface area contributed by atoms with E-state index in [0.29, 0.717) is 6.61 Å². The summed E-state index contributed by atoms with van der Waals surface area (Å²) in [6.45, 7) is 1.44. The van der Waals surface area contributed by atoms with E-state index in [1.807, 2.05) is 36.4 Å². The molecule has 0 N–H and O–H groups in total. The Morgan fingerprint density at radius 1 is 0.742 bits per heavy atom. The number of hydrogen-bond donors (Lipinski definition) is 0. The van der Waals surface area contributed by atoms with E-state index in [1.165, 1.54) is 22.2 Å². The molecule has 0 fully saturated rings. The molecule has 160 valence electrons. The van der Waals surface area contributed by atoms with Crippen LogP contribution in [0.25, 0.3) is 16.6 Å². The van der Waals surface area contributed by atoms with Gasteiger partial charge in [0.25, 0.3) is 0 Å². The zero-order valence-electron chi connectivity index (χ0n) is 18.2. The van der Waals surface area contributed by atoms with Gasteiger partial charge in [0.2, 0.25) is 0 Å². The first-order valence-electron chi connectivity index (χ1n) is 10.7. The molecular weight excluding hydrogens is 386 g/mol. The minimum Gasteiger partial charge on any atom is -0.497 e. The number of ether oxygens (including phenoxy) is 3. The number of aryl methyl sites for hydroxylation is 1. The summed E-state index contributed by atoms with van der Waals surface area (Å²) in [5.41, 5.74) is 4.82. The first-order valence-corrected chi connectivity index (χ1v) is 10.7. The maximum atomic E-state index is 5.85. The highest BCUT2D eigenvalue weighted by molar-refractivity contribution is 5.84. The van der Waals surface area contributed by atoms with E-state index in [4.69, 9.17) is 14.2 Å². The van der Waals surface area contributed by atoms with Gasteiger partial charge in [0, 0.05) is 23.4 Å². The molecule has 4 nitrogen and oxygen atoms in total. The van der Waals surface area contributed by atoms with E-state index < -0.39 is 0 Å². The molecule has 0 aliphatic rings. The summed E-state index contributed by atoms with van der Waals surface area (Å²) in [5, 5.41) is 1.19. The van der Waals surface area contributed by atoms with Crippen LogP contribution in [-0.4, -0.2) is 25.4 Å². The Balaban J connectivity index is 1.46. The van der Waals surface area contributed by atoms with Crippen LogP contribution in [0.3, 0.4) is 0 Å². The van der Waals surface area contributed by atoms with Crippen molar-refractivity contribution >= 4 is 10.9 Å².